The molecule has 1 aliphatic heterocycles. The minimum absolute atomic E-state index is 0.140. The Bertz CT molecular complexity index is 1210. The van der Waals surface area contributed by atoms with Crippen molar-refractivity contribution in [2.45, 2.75) is 43.8 Å². The summed E-state index contributed by atoms with van der Waals surface area (Å²) in [5.74, 6) is 0.282. The molecule has 3 heterocycles. The second kappa shape index (κ2) is 8.73. The zero-order valence-electron chi connectivity index (χ0n) is 18.0. The second-order valence-corrected chi connectivity index (χ2v) is 9.94. The standard InChI is InChI=1S/C21H24N4O6S/c1-13(2)29-21(26)25-10-8-15(9-11-25)30-20-19-18(22-12-23-20)17(24-31-19)14-4-6-16(7-5-14)32(3,27)28/h4-7,12-13,15H,8-11H2,1-3H3. The van der Waals surface area contributed by atoms with Gasteiger partial charge in [-0.25, -0.2) is 18.2 Å². The molecule has 0 radical (unpaired) electrons. The molecular weight excluding hydrogens is 436 g/mol. The van der Waals surface area contributed by atoms with Gasteiger partial charge in [-0.3, -0.25) is 0 Å². The number of ether oxygens (including phenoxy) is 2. The van der Waals surface area contributed by atoms with E-state index in [-0.39, 0.29) is 29.1 Å². The van der Waals surface area contributed by atoms with Gasteiger partial charge in [0.15, 0.2) is 9.84 Å². The fourth-order valence-electron chi connectivity index (χ4n) is 3.47. The van der Waals surface area contributed by atoms with Crippen LogP contribution in [-0.2, 0) is 14.6 Å². The number of nitrogens with zero attached hydrogens (tertiary/aromatic N) is 4. The quantitative estimate of drug-likeness (QED) is 0.565. The van der Waals surface area contributed by atoms with Gasteiger partial charge in [-0.05, 0) is 26.0 Å². The largest absolute Gasteiger partial charge is 0.471 e. The molecule has 0 bridgehead atoms. The number of carbonyl (C=O) groups is 1. The van der Waals surface area contributed by atoms with Gasteiger partial charge >= 0.3 is 6.09 Å². The Morgan fingerprint density at radius 2 is 1.84 bits per heavy atom. The first-order valence-electron chi connectivity index (χ1n) is 10.3. The normalized spacial score (nSPS) is 15.3. The van der Waals surface area contributed by atoms with E-state index in [2.05, 4.69) is 15.1 Å². The summed E-state index contributed by atoms with van der Waals surface area (Å²) in [6, 6.07) is 6.34. The number of aromatic nitrogens is 3. The van der Waals surface area contributed by atoms with Crippen molar-refractivity contribution in [3.05, 3.63) is 30.6 Å². The Hall–Kier alpha value is -3.21. The van der Waals surface area contributed by atoms with Gasteiger partial charge in [0, 0.05) is 37.8 Å². The molecule has 170 valence electrons. The molecule has 1 fully saturated rings. The van der Waals surface area contributed by atoms with Gasteiger partial charge < -0.3 is 18.9 Å². The highest BCUT2D eigenvalue weighted by Gasteiger charge is 2.27. The average Bonchev–Trinajstić information content (AvgIpc) is 3.18. The maximum absolute atomic E-state index is 12.0. The number of carbonyl (C=O) groups excluding carboxylic acids is 1. The maximum atomic E-state index is 12.0. The van der Waals surface area contributed by atoms with Crippen molar-refractivity contribution in [3.8, 4) is 17.1 Å². The van der Waals surface area contributed by atoms with Crippen molar-refractivity contribution >= 4 is 27.0 Å². The highest BCUT2D eigenvalue weighted by atomic mass is 32.2. The molecule has 0 saturated carbocycles. The smallest absolute Gasteiger partial charge is 0.410 e. The second-order valence-electron chi connectivity index (χ2n) is 7.92. The summed E-state index contributed by atoms with van der Waals surface area (Å²) in [6.07, 6.45) is 3.18. The zero-order valence-corrected chi connectivity index (χ0v) is 18.8. The van der Waals surface area contributed by atoms with Gasteiger partial charge in [0.25, 0.3) is 5.88 Å². The molecule has 2 aromatic heterocycles. The summed E-state index contributed by atoms with van der Waals surface area (Å²) in [4.78, 5) is 22.4. The van der Waals surface area contributed by atoms with Crippen LogP contribution < -0.4 is 4.74 Å². The number of benzene rings is 1. The lowest BCUT2D eigenvalue weighted by molar-refractivity contribution is 0.0507. The van der Waals surface area contributed by atoms with E-state index in [0.717, 1.165) is 6.26 Å². The number of piperidine rings is 1. The van der Waals surface area contributed by atoms with E-state index in [1.807, 2.05) is 13.8 Å². The van der Waals surface area contributed by atoms with E-state index >= 15 is 0 Å². The summed E-state index contributed by atoms with van der Waals surface area (Å²) in [5.41, 5.74) is 1.92. The first-order valence-corrected chi connectivity index (χ1v) is 12.1. The van der Waals surface area contributed by atoms with Crippen LogP contribution in [0, 0.1) is 0 Å². The average molecular weight is 461 g/mol. The number of rotatable bonds is 5. The van der Waals surface area contributed by atoms with E-state index < -0.39 is 9.84 Å². The van der Waals surface area contributed by atoms with Crippen LogP contribution in [0.3, 0.4) is 0 Å². The van der Waals surface area contributed by atoms with Crippen LogP contribution in [0.5, 0.6) is 5.88 Å². The number of hydrogen-bond donors (Lipinski definition) is 0. The van der Waals surface area contributed by atoms with Crippen molar-refractivity contribution in [2.24, 2.45) is 0 Å². The zero-order chi connectivity index (χ0) is 22.9. The van der Waals surface area contributed by atoms with Crippen LogP contribution >= 0.6 is 0 Å². The van der Waals surface area contributed by atoms with Crippen molar-refractivity contribution in [3.63, 3.8) is 0 Å². The van der Waals surface area contributed by atoms with E-state index in [1.165, 1.54) is 18.5 Å². The van der Waals surface area contributed by atoms with Gasteiger partial charge in [0.05, 0.1) is 11.0 Å². The Morgan fingerprint density at radius 3 is 2.47 bits per heavy atom. The lowest BCUT2D eigenvalue weighted by atomic mass is 10.1. The van der Waals surface area contributed by atoms with Gasteiger partial charge in [-0.2, -0.15) is 4.98 Å². The molecule has 3 aromatic rings. The summed E-state index contributed by atoms with van der Waals surface area (Å²) >= 11 is 0. The van der Waals surface area contributed by atoms with E-state index in [9.17, 15) is 13.2 Å². The topological polar surface area (TPSA) is 125 Å². The van der Waals surface area contributed by atoms with Crippen molar-refractivity contribution < 1.29 is 27.2 Å². The highest BCUT2D eigenvalue weighted by Crippen LogP contribution is 2.32. The summed E-state index contributed by atoms with van der Waals surface area (Å²) in [6.45, 7) is 4.69. The number of amides is 1. The third-order valence-corrected chi connectivity index (χ3v) is 6.22. The number of fused-ring (bicyclic) bond motifs is 1. The number of sulfone groups is 1. The van der Waals surface area contributed by atoms with Crippen molar-refractivity contribution in [1.82, 2.24) is 20.0 Å². The Kier molecular flexibility index (Phi) is 6.00. The maximum Gasteiger partial charge on any atom is 0.410 e. The van der Waals surface area contributed by atoms with Crippen LogP contribution in [0.1, 0.15) is 26.7 Å². The summed E-state index contributed by atoms with van der Waals surface area (Å²) in [7, 11) is -3.29. The molecule has 1 aliphatic rings. The van der Waals surface area contributed by atoms with Crippen LogP contribution in [0.4, 0.5) is 4.79 Å². The van der Waals surface area contributed by atoms with Gasteiger partial charge in [-0.15, -0.1) is 0 Å². The fraction of sp³-hybridized carbons (Fsp3) is 0.429. The lowest BCUT2D eigenvalue weighted by Crippen LogP contribution is -2.42. The molecule has 0 atom stereocenters. The van der Waals surface area contributed by atoms with E-state index in [1.54, 1.807) is 17.0 Å². The Morgan fingerprint density at radius 1 is 1.16 bits per heavy atom. The van der Waals surface area contributed by atoms with Gasteiger partial charge in [0.2, 0.25) is 5.58 Å². The van der Waals surface area contributed by atoms with Crippen LogP contribution in [-0.4, -0.2) is 66.1 Å². The highest BCUT2D eigenvalue weighted by molar-refractivity contribution is 7.90. The molecule has 0 N–H and O–H groups in total. The molecule has 1 amide bonds. The van der Waals surface area contributed by atoms with Gasteiger partial charge in [-0.1, -0.05) is 17.3 Å². The van der Waals surface area contributed by atoms with Crippen LogP contribution in [0.15, 0.2) is 40.0 Å². The van der Waals surface area contributed by atoms with Crippen LogP contribution in [0.2, 0.25) is 0 Å². The molecule has 32 heavy (non-hydrogen) atoms. The first-order chi connectivity index (χ1) is 15.2. The summed E-state index contributed by atoms with van der Waals surface area (Å²) < 4.78 is 40.1. The third kappa shape index (κ3) is 4.67. The minimum Gasteiger partial charge on any atom is -0.471 e. The molecule has 1 aromatic carbocycles. The van der Waals surface area contributed by atoms with E-state index in [0.29, 0.717) is 48.3 Å². The minimum atomic E-state index is -3.29. The first kappa shape index (κ1) is 22.0. The molecule has 11 heteroatoms. The van der Waals surface area contributed by atoms with Gasteiger partial charge in [0.1, 0.15) is 23.6 Å². The molecular formula is C21H24N4O6S. The third-order valence-electron chi connectivity index (χ3n) is 5.09. The Labute approximate surface area is 185 Å². The molecule has 1 saturated heterocycles. The lowest BCUT2D eigenvalue weighted by Gasteiger charge is -2.31. The van der Waals surface area contributed by atoms with E-state index in [4.69, 9.17) is 14.0 Å². The van der Waals surface area contributed by atoms with Crippen LogP contribution in [0.25, 0.3) is 22.4 Å². The predicted molar refractivity (Wildman–Crippen MR) is 115 cm³/mol. The molecule has 0 spiro atoms. The molecule has 4 rings (SSSR count). The Balaban J connectivity index is 1.49. The molecule has 0 unspecified atom stereocenters. The summed E-state index contributed by atoms with van der Waals surface area (Å²) in [5, 5.41) is 4.10. The number of likely N-dealkylation sites (tertiary alicyclic amines) is 1. The molecule has 10 nitrogen and oxygen atoms in total. The number of hydrogen-bond acceptors (Lipinski definition) is 9. The monoisotopic (exact) mass is 460 g/mol. The van der Waals surface area contributed by atoms with Crippen molar-refractivity contribution in [2.75, 3.05) is 19.3 Å². The fourth-order valence-corrected chi connectivity index (χ4v) is 4.10. The SMILES string of the molecule is CC(C)OC(=O)N1CCC(Oc2ncnc3c(-c4ccc(S(C)(=O)=O)cc4)noc23)CC1. The molecule has 0 aliphatic carbocycles. The predicted octanol–water partition coefficient (Wildman–Crippen LogP) is 3.08. The van der Waals surface area contributed by atoms with Crippen molar-refractivity contribution in [1.29, 1.82) is 0 Å².